The van der Waals surface area contributed by atoms with Crippen molar-refractivity contribution in [1.29, 1.82) is 0 Å². The summed E-state index contributed by atoms with van der Waals surface area (Å²) in [6.45, 7) is 1.62. The van der Waals surface area contributed by atoms with Crippen molar-refractivity contribution in [3.8, 4) is 0 Å². The molecule has 0 saturated carbocycles. The summed E-state index contributed by atoms with van der Waals surface area (Å²) in [4.78, 5) is 54.4. The number of nitrogens with one attached hydrogen (secondary N) is 1. The van der Waals surface area contributed by atoms with Crippen molar-refractivity contribution in [3.63, 3.8) is 0 Å². The summed E-state index contributed by atoms with van der Waals surface area (Å²) in [5.74, 6) is -0.633. The third kappa shape index (κ3) is 4.76. The zero-order valence-electron chi connectivity index (χ0n) is 18.4. The smallest absolute Gasteiger partial charge is 0.330 e. The number of aromatic amines is 1. The average molecular weight is 478 g/mol. The molecule has 0 radical (unpaired) electrons. The van der Waals surface area contributed by atoms with Crippen LogP contribution in [0.2, 0.25) is 0 Å². The molecular formula is C24H23N5O4S. The quantitative estimate of drug-likeness (QED) is 0.421. The van der Waals surface area contributed by atoms with Gasteiger partial charge in [-0.3, -0.25) is 33.4 Å². The third-order valence-electron chi connectivity index (χ3n) is 5.42. The molecule has 2 heterocycles. The number of anilines is 2. The fourth-order valence-corrected chi connectivity index (χ4v) is 4.37. The number of carbonyl (C=O) groups is 1. The summed E-state index contributed by atoms with van der Waals surface area (Å²) in [6, 6.07) is 18.3. The van der Waals surface area contributed by atoms with E-state index in [2.05, 4.69) is 4.98 Å². The highest BCUT2D eigenvalue weighted by molar-refractivity contribution is 7.07. The second kappa shape index (κ2) is 9.75. The van der Waals surface area contributed by atoms with Crippen molar-refractivity contribution in [3.05, 3.63) is 113 Å². The van der Waals surface area contributed by atoms with Gasteiger partial charge in [0.15, 0.2) is 5.69 Å². The molecule has 9 nitrogen and oxygen atoms in total. The SMILES string of the molecule is Cc1csc(=O)n1CC(=O)N(Cc1ccccc1)c1c(N)n(Cc2ccccc2)c(=O)[nH]c1=O. The number of rotatable bonds is 7. The second-order valence-corrected chi connectivity index (χ2v) is 8.58. The minimum Gasteiger partial charge on any atom is -0.383 e. The molecule has 0 fully saturated rings. The fourth-order valence-electron chi connectivity index (χ4n) is 3.64. The van der Waals surface area contributed by atoms with Gasteiger partial charge in [-0.2, -0.15) is 0 Å². The Kier molecular flexibility index (Phi) is 6.60. The van der Waals surface area contributed by atoms with E-state index >= 15 is 0 Å². The van der Waals surface area contributed by atoms with Crippen LogP contribution >= 0.6 is 11.3 Å². The lowest BCUT2D eigenvalue weighted by Gasteiger charge is -2.25. The van der Waals surface area contributed by atoms with Gasteiger partial charge in [0.2, 0.25) is 5.91 Å². The highest BCUT2D eigenvalue weighted by Crippen LogP contribution is 2.21. The maximum atomic E-state index is 13.5. The number of carbonyl (C=O) groups excluding carboxylic acids is 1. The molecule has 0 aliphatic rings. The van der Waals surface area contributed by atoms with Crippen molar-refractivity contribution in [2.75, 3.05) is 10.6 Å². The van der Waals surface area contributed by atoms with Crippen molar-refractivity contribution < 1.29 is 4.79 Å². The monoisotopic (exact) mass is 477 g/mol. The van der Waals surface area contributed by atoms with Crippen LogP contribution in [0.15, 0.2) is 80.4 Å². The van der Waals surface area contributed by atoms with Crippen LogP contribution in [0.1, 0.15) is 16.8 Å². The maximum Gasteiger partial charge on any atom is 0.330 e. The molecule has 34 heavy (non-hydrogen) atoms. The molecule has 2 aromatic heterocycles. The molecular weight excluding hydrogens is 454 g/mol. The normalized spacial score (nSPS) is 10.9. The molecule has 3 N–H and O–H groups in total. The molecule has 0 spiro atoms. The Morgan fingerprint density at radius 1 is 0.971 bits per heavy atom. The number of nitrogens with zero attached hydrogens (tertiary/aromatic N) is 3. The van der Waals surface area contributed by atoms with Crippen LogP contribution in [0.5, 0.6) is 0 Å². The van der Waals surface area contributed by atoms with Crippen LogP contribution in [0.25, 0.3) is 0 Å². The molecule has 0 unspecified atom stereocenters. The van der Waals surface area contributed by atoms with Crippen LogP contribution in [-0.2, 0) is 24.4 Å². The number of aromatic nitrogens is 3. The molecule has 0 aliphatic heterocycles. The minimum absolute atomic E-state index is 0.0361. The zero-order valence-corrected chi connectivity index (χ0v) is 19.2. The summed E-state index contributed by atoms with van der Waals surface area (Å²) >= 11 is 0.995. The van der Waals surface area contributed by atoms with E-state index < -0.39 is 17.2 Å². The van der Waals surface area contributed by atoms with Gasteiger partial charge in [-0.05, 0) is 18.1 Å². The lowest BCUT2D eigenvalue weighted by Crippen LogP contribution is -2.42. The van der Waals surface area contributed by atoms with Gasteiger partial charge in [-0.1, -0.05) is 72.0 Å². The van der Waals surface area contributed by atoms with E-state index in [4.69, 9.17) is 5.73 Å². The van der Waals surface area contributed by atoms with Gasteiger partial charge in [-0.25, -0.2) is 4.79 Å². The number of nitrogen functional groups attached to an aromatic ring is 1. The minimum atomic E-state index is -0.773. The summed E-state index contributed by atoms with van der Waals surface area (Å²) < 4.78 is 2.56. The molecule has 4 aromatic rings. The highest BCUT2D eigenvalue weighted by Gasteiger charge is 2.25. The van der Waals surface area contributed by atoms with Gasteiger partial charge in [0.05, 0.1) is 13.1 Å². The van der Waals surface area contributed by atoms with Gasteiger partial charge < -0.3 is 5.73 Å². The Morgan fingerprint density at radius 2 is 1.59 bits per heavy atom. The van der Waals surface area contributed by atoms with Gasteiger partial charge in [-0.15, -0.1) is 0 Å². The number of amides is 1. The van der Waals surface area contributed by atoms with Crippen molar-refractivity contribution in [2.45, 2.75) is 26.6 Å². The second-order valence-electron chi connectivity index (χ2n) is 7.76. The van der Waals surface area contributed by atoms with Gasteiger partial charge in [0, 0.05) is 11.1 Å². The van der Waals surface area contributed by atoms with E-state index in [-0.39, 0.29) is 36.0 Å². The Hall–Kier alpha value is -4.18. The molecule has 0 atom stereocenters. The number of benzene rings is 2. The van der Waals surface area contributed by atoms with E-state index in [1.54, 1.807) is 12.3 Å². The predicted molar refractivity (Wildman–Crippen MR) is 132 cm³/mol. The number of H-pyrrole nitrogens is 1. The summed E-state index contributed by atoms with van der Waals surface area (Å²) in [7, 11) is 0. The van der Waals surface area contributed by atoms with E-state index in [1.807, 2.05) is 60.7 Å². The number of aryl methyl sites for hydroxylation is 1. The Morgan fingerprint density at radius 3 is 2.18 bits per heavy atom. The topological polar surface area (TPSA) is 123 Å². The number of nitrogens with two attached hydrogens (primary N) is 1. The van der Waals surface area contributed by atoms with Gasteiger partial charge in [0.1, 0.15) is 12.4 Å². The van der Waals surface area contributed by atoms with E-state index in [9.17, 15) is 19.2 Å². The first-order valence-electron chi connectivity index (χ1n) is 10.5. The molecule has 4 rings (SSSR count). The molecule has 0 bridgehead atoms. The van der Waals surface area contributed by atoms with E-state index in [0.717, 1.165) is 22.5 Å². The van der Waals surface area contributed by atoms with E-state index in [0.29, 0.717) is 5.69 Å². The van der Waals surface area contributed by atoms with Gasteiger partial charge >= 0.3 is 10.6 Å². The summed E-state index contributed by atoms with van der Waals surface area (Å²) in [5, 5.41) is 1.67. The van der Waals surface area contributed by atoms with Crippen LogP contribution in [0.3, 0.4) is 0 Å². The average Bonchev–Trinajstić information content (AvgIpc) is 3.14. The van der Waals surface area contributed by atoms with Crippen LogP contribution in [-0.4, -0.2) is 20.0 Å². The molecule has 10 heteroatoms. The molecule has 2 aromatic carbocycles. The first-order valence-corrected chi connectivity index (χ1v) is 11.4. The lowest BCUT2D eigenvalue weighted by molar-refractivity contribution is -0.119. The van der Waals surface area contributed by atoms with Crippen molar-refractivity contribution in [2.24, 2.45) is 0 Å². The fraction of sp³-hybridized carbons (Fsp3) is 0.167. The van der Waals surface area contributed by atoms with Crippen LogP contribution < -0.4 is 26.8 Å². The number of thiazole rings is 1. The van der Waals surface area contributed by atoms with Gasteiger partial charge in [0.25, 0.3) is 5.56 Å². The Labute approximate surface area is 198 Å². The zero-order chi connectivity index (χ0) is 24.2. The first kappa shape index (κ1) is 23.0. The maximum absolute atomic E-state index is 13.5. The third-order valence-corrected chi connectivity index (χ3v) is 6.30. The predicted octanol–water partition coefficient (Wildman–Crippen LogP) is 1.93. The van der Waals surface area contributed by atoms with Crippen molar-refractivity contribution in [1.82, 2.24) is 14.1 Å². The van der Waals surface area contributed by atoms with Crippen LogP contribution in [0.4, 0.5) is 11.5 Å². The largest absolute Gasteiger partial charge is 0.383 e. The Bertz CT molecular complexity index is 1490. The standard InChI is InChI=1S/C24H23N5O4S/c1-16-15-34-24(33)27(16)14-19(30)28(12-17-8-4-2-5-9-17)20-21(25)29(23(32)26-22(20)31)13-18-10-6-3-7-11-18/h2-11,15H,12-14,25H2,1H3,(H,26,31,32). The summed E-state index contributed by atoms with van der Waals surface area (Å²) in [6.07, 6.45) is 0. The van der Waals surface area contributed by atoms with Crippen LogP contribution in [0, 0.1) is 6.92 Å². The van der Waals surface area contributed by atoms with Crippen molar-refractivity contribution >= 4 is 28.7 Å². The highest BCUT2D eigenvalue weighted by atomic mass is 32.1. The number of hydrogen-bond acceptors (Lipinski definition) is 6. The molecule has 0 aliphatic carbocycles. The molecule has 0 saturated heterocycles. The number of hydrogen-bond donors (Lipinski definition) is 2. The molecule has 174 valence electrons. The molecule has 1 amide bonds. The lowest BCUT2D eigenvalue weighted by atomic mass is 10.2. The summed E-state index contributed by atoms with van der Waals surface area (Å²) in [5.41, 5.74) is 6.95. The Balaban J connectivity index is 1.81. The first-order chi connectivity index (χ1) is 16.3. The van der Waals surface area contributed by atoms with E-state index in [1.165, 1.54) is 14.0 Å².